The van der Waals surface area contributed by atoms with Gasteiger partial charge in [-0.25, -0.2) is 8.42 Å². The van der Waals surface area contributed by atoms with Gasteiger partial charge in [-0.3, -0.25) is 4.79 Å². The van der Waals surface area contributed by atoms with Crippen molar-refractivity contribution < 1.29 is 13.2 Å². The average Bonchev–Trinajstić information content (AvgIpc) is 2.90. The standard InChI is InChI=1S/C28H26N2O3S2/c31-28(29-26-12-6-7-13-27(26)34-24-10-2-1-3-11-24)22-16-18-30(19-17-22)35(32,33)25-15-14-21-8-4-5-9-23(21)20-25/h1-15,20,22H,16-19H2,(H,29,31). The third-order valence-corrected chi connectivity index (χ3v) is 9.28. The highest BCUT2D eigenvalue weighted by Crippen LogP contribution is 2.34. The molecule has 1 saturated heterocycles. The summed E-state index contributed by atoms with van der Waals surface area (Å²) >= 11 is 1.60. The zero-order valence-corrected chi connectivity index (χ0v) is 20.8. The molecule has 0 unspecified atom stereocenters. The first-order chi connectivity index (χ1) is 17.0. The van der Waals surface area contributed by atoms with Crippen molar-refractivity contribution in [2.24, 2.45) is 5.92 Å². The largest absolute Gasteiger partial charge is 0.325 e. The number of hydrogen-bond donors (Lipinski definition) is 1. The predicted molar refractivity (Wildman–Crippen MR) is 141 cm³/mol. The minimum absolute atomic E-state index is 0.0612. The molecule has 7 heteroatoms. The van der Waals surface area contributed by atoms with E-state index in [0.717, 1.165) is 26.3 Å². The average molecular weight is 503 g/mol. The Kier molecular flexibility index (Phi) is 6.90. The van der Waals surface area contributed by atoms with Gasteiger partial charge in [-0.2, -0.15) is 4.31 Å². The van der Waals surface area contributed by atoms with E-state index in [-0.39, 0.29) is 11.8 Å². The molecule has 0 aromatic heterocycles. The van der Waals surface area contributed by atoms with Crippen molar-refractivity contribution in [2.45, 2.75) is 27.5 Å². The molecule has 5 rings (SSSR count). The molecule has 0 spiro atoms. The van der Waals surface area contributed by atoms with Gasteiger partial charge in [0.1, 0.15) is 0 Å². The zero-order valence-electron chi connectivity index (χ0n) is 19.1. The fourth-order valence-corrected chi connectivity index (χ4v) is 6.77. The van der Waals surface area contributed by atoms with Crippen molar-refractivity contribution in [1.82, 2.24) is 4.31 Å². The highest BCUT2D eigenvalue weighted by atomic mass is 32.2. The van der Waals surface area contributed by atoms with Crippen molar-refractivity contribution in [3.05, 3.63) is 97.1 Å². The number of fused-ring (bicyclic) bond motifs is 1. The first-order valence-corrected chi connectivity index (χ1v) is 13.9. The summed E-state index contributed by atoms with van der Waals surface area (Å²) < 4.78 is 28.0. The second-order valence-corrected chi connectivity index (χ2v) is 11.6. The van der Waals surface area contributed by atoms with E-state index in [4.69, 9.17) is 0 Å². The number of para-hydroxylation sites is 1. The van der Waals surface area contributed by atoms with Gasteiger partial charge in [0.05, 0.1) is 10.6 Å². The molecular weight excluding hydrogens is 476 g/mol. The number of hydrogen-bond acceptors (Lipinski definition) is 4. The van der Waals surface area contributed by atoms with Crippen LogP contribution >= 0.6 is 11.8 Å². The van der Waals surface area contributed by atoms with Crippen molar-refractivity contribution in [3.8, 4) is 0 Å². The van der Waals surface area contributed by atoms with Crippen LogP contribution in [0.2, 0.25) is 0 Å². The lowest BCUT2D eigenvalue weighted by Gasteiger charge is -2.30. The molecule has 35 heavy (non-hydrogen) atoms. The van der Waals surface area contributed by atoms with Crippen LogP contribution in [0.5, 0.6) is 0 Å². The molecule has 5 nitrogen and oxygen atoms in total. The highest BCUT2D eigenvalue weighted by Gasteiger charge is 2.32. The number of nitrogens with one attached hydrogen (secondary N) is 1. The number of carbonyl (C=O) groups is 1. The lowest BCUT2D eigenvalue weighted by molar-refractivity contribution is -0.120. The van der Waals surface area contributed by atoms with Crippen LogP contribution in [0, 0.1) is 5.92 Å². The van der Waals surface area contributed by atoms with Crippen LogP contribution in [0.4, 0.5) is 5.69 Å². The second kappa shape index (κ2) is 10.2. The van der Waals surface area contributed by atoms with E-state index in [1.165, 1.54) is 4.31 Å². The van der Waals surface area contributed by atoms with Gasteiger partial charge >= 0.3 is 0 Å². The van der Waals surface area contributed by atoms with E-state index in [9.17, 15) is 13.2 Å². The molecule has 0 saturated carbocycles. The number of piperidine rings is 1. The molecule has 1 heterocycles. The van der Waals surface area contributed by atoms with Gasteiger partial charge in [-0.05, 0) is 60.0 Å². The predicted octanol–water partition coefficient (Wildman–Crippen LogP) is 6.03. The Morgan fingerprint density at radius 1 is 0.800 bits per heavy atom. The summed E-state index contributed by atoms with van der Waals surface area (Å²) in [5.41, 5.74) is 0.776. The summed E-state index contributed by atoms with van der Waals surface area (Å²) in [5, 5.41) is 4.98. The molecule has 1 aliphatic rings. The number of nitrogens with zero attached hydrogens (tertiary/aromatic N) is 1. The molecule has 4 aromatic rings. The molecule has 178 valence electrons. The van der Waals surface area contributed by atoms with Gasteiger partial charge < -0.3 is 5.32 Å². The monoisotopic (exact) mass is 502 g/mol. The van der Waals surface area contributed by atoms with E-state index < -0.39 is 10.0 Å². The summed E-state index contributed by atoms with van der Waals surface area (Å²) in [7, 11) is -3.60. The zero-order chi connectivity index (χ0) is 24.3. The highest BCUT2D eigenvalue weighted by molar-refractivity contribution is 7.99. The van der Waals surface area contributed by atoms with Gasteiger partial charge in [0.2, 0.25) is 15.9 Å². The maximum absolute atomic E-state index is 13.2. The number of rotatable bonds is 6. The molecule has 1 amide bonds. The molecule has 1 fully saturated rings. The lowest BCUT2D eigenvalue weighted by Crippen LogP contribution is -2.41. The van der Waals surface area contributed by atoms with Crippen LogP contribution in [0.3, 0.4) is 0 Å². The lowest BCUT2D eigenvalue weighted by atomic mass is 9.97. The Morgan fingerprint density at radius 2 is 1.46 bits per heavy atom. The van der Waals surface area contributed by atoms with Crippen LogP contribution < -0.4 is 5.32 Å². The van der Waals surface area contributed by atoms with Crippen LogP contribution in [0.1, 0.15) is 12.8 Å². The number of anilines is 1. The van der Waals surface area contributed by atoms with E-state index in [1.54, 1.807) is 23.9 Å². The van der Waals surface area contributed by atoms with Crippen molar-refractivity contribution in [3.63, 3.8) is 0 Å². The molecule has 4 aromatic carbocycles. The summed E-state index contributed by atoms with van der Waals surface area (Å²) in [4.78, 5) is 15.4. The van der Waals surface area contributed by atoms with Crippen molar-refractivity contribution in [1.29, 1.82) is 0 Å². The van der Waals surface area contributed by atoms with Gasteiger partial charge in [-0.1, -0.05) is 72.4 Å². The third-order valence-electron chi connectivity index (χ3n) is 6.30. The SMILES string of the molecule is O=C(Nc1ccccc1Sc1ccccc1)C1CCN(S(=O)(=O)c2ccc3ccccc3c2)CC1. The third kappa shape index (κ3) is 5.27. The van der Waals surface area contributed by atoms with E-state index in [0.29, 0.717) is 30.8 Å². The first kappa shape index (κ1) is 23.6. The number of carbonyl (C=O) groups excluding carboxylic acids is 1. The Labute approximate surface area is 210 Å². The molecule has 0 aliphatic carbocycles. The molecule has 1 aliphatic heterocycles. The van der Waals surface area contributed by atoms with Gasteiger partial charge in [0.25, 0.3) is 0 Å². The molecule has 1 N–H and O–H groups in total. The van der Waals surface area contributed by atoms with Crippen molar-refractivity contribution in [2.75, 3.05) is 18.4 Å². The minimum atomic E-state index is -3.60. The second-order valence-electron chi connectivity index (χ2n) is 8.59. The quantitative estimate of drug-likeness (QED) is 0.350. The maximum Gasteiger partial charge on any atom is 0.243 e. The minimum Gasteiger partial charge on any atom is -0.325 e. The number of amides is 1. The van der Waals surface area contributed by atoms with Crippen molar-refractivity contribution >= 4 is 44.2 Å². The summed E-state index contributed by atoms with van der Waals surface area (Å²) in [6, 6.07) is 30.7. The fraction of sp³-hybridized carbons (Fsp3) is 0.179. The topological polar surface area (TPSA) is 66.5 Å². The van der Waals surface area contributed by atoms with Crippen LogP contribution in [-0.2, 0) is 14.8 Å². The van der Waals surface area contributed by atoms with E-state index >= 15 is 0 Å². The Morgan fingerprint density at radius 3 is 2.23 bits per heavy atom. The summed E-state index contributed by atoms with van der Waals surface area (Å²) in [6.07, 6.45) is 0.985. The molecular formula is C28H26N2O3S2. The number of benzene rings is 4. The first-order valence-electron chi connectivity index (χ1n) is 11.6. The normalized spacial score (nSPS) is 15.2. The molecule has 0 bridgehead atoms. The Hall–Kier alpha value is -3.13. The van der Waals surface area contributed by atoms with Gasteiger partial charge in [0.15, 0.2) is 0 Å². The Bertz CT molecular complexity index is 1450. The molecule has 0 atom stereocenters. The molecule has 0 radical (unpaired) electrons. The Balaban J connectivity index is 1.24. The van der Waals surface area contributed by atoms with Crippen LogP contribution in [-0.4, -0.2) is 31.7 Å². The van der Waals surface area contributed by atoms with Gasteiger partial charge in [0, 0.05) is 28.8 Å². The maximum atomic E-state index is 13.2. The summed E-state index contributed by atoms with van der Waals surface area (Å²) in [6.45, 7) is 0.654. The number of sulfonamides is 1. The van der Waals surface area contributed by atoms with Crippen LogP contribution in [0.25, 0.3) is 10.8 Å². The smallest absolute Gasteiger partial charge is 0.243 e. The van der Waals surface area contributed by atoms with E-state index in [1.807, 2.05) is 84.9 Å². The van der Waals surface area contributed by atoms with Crippen LogP contribution in [0.15, 0.2) is 112 Å². The fourth-order valence-electron chi connectivity index (χ4n) is 4.34. The summed E-state index contributed by atoms with van der Waals surface area (Å²) in [5.74, 6) is -0.290. The van der Waals surface area contributed by atoms with E-state index in [2.05, 4.69) is 5.32 Å². The van der Waals surface area contributed by atoms with Gasteiger partial charge in [-0.15, -0.1) is 0 Å².